The fourth-order valence-corrected chi connectivity index (χ4v) is 3.85. The van der Waals surface area contributed by atoms with Crippen LogP contribution in [0, 0.1) is 0 Å². The van der Waals surface area contributed by atoms with Gasteiger partial charge in [0.1, 0.15) is 0 Å². The van der Waals surface area contributed by atoms with Crippen LogP contribution in [0.5, 0.6) is 0 Å². The highest BCUT2D eigenvalue weighted by Gasteiger charge is 2.21. The van der Waals surface area contributed by atoms with Gasteiger partial charge in [-0.25, -0.2) is 4.98 Å². The van der Waals surface area contributed by atoms with Gasteiger partial charge in [-0.2, -0.15) is 0 Å². The topological polar surface area (TPSA) is 64.0 Å². The highest BCUT2D eigenvalue weighted by atomic mass is 32.2. The summed E-state index contributed by atoms with van der Waals surface area (Å²) in [5.74, 6) is 0.0144. The lowest BCUT2D eigenvalue weighted by Gasteiger charge is -2.17. The number of benzene rings is 1. The van der Waals surface area contributed by atoms with Crippen LogP contribution in [0.25, 0.3) is 0 Å². The number of aromatic nitrogens is 2. The maximum absolute atomic E-state index is 12.7. The van der Waals surface area contributed by atoms with Gasteiger partial charge in [-0.1, -0.05) is 68.8 Å². The van der Waals surface area contributed by atoms with Crippen LogP contribution in [0.15, 0.2) is 46.3 Å². The minimum Gasteiger partial charge on any atom is -0.355 e. The van der Waals surface area contributed by atoms with E-state index in [1.165, 1.54) is 21.9 Å². The van der Waals surface area contributed by atoms with E-state index in [0.29, 0.717) is 18.1 Å². The Morgan fingerprint density at radius 1 is 1.26 bits per heavy atom. The smallest absolute Gasteiger partial charge is 0.254 e. The van der Waals surface area contributed by atoms with Crippen LogP contribution in [0.1, 0.15) is 44.4 Å². The van der Waals surface area contributed by atoms with Crippen molar-refractivity contribution in [2.45, 2.75) is 56.4 Å². The largest absolute Gasteiger partial charge is 0.355 e. The Kier molecular flexibility index (Phi) is 8.58. The maximum atomic E-state index is 12.7. The summed E-state index contributed by atoms with van der Waals surface area (Å²) < 4.78 is 1.53. The number of nitrogens with zero attached hydrogens (tertiary/aromatic N) is 2. The molecule has 1 N–H and O–H groups in total. The first-order chi connectivity index (χ1) is 13.0. The number of hydrogen-bond donors (Lipinski definition) is 1. The van der Waals surface area contributed by atoms with Gasteiger partial charge in [0.25, 0.3) is 5.56 Å². The van der Waals surface area contributed by atoms with Gasteiger partial charge < -0.3 is 5.32 Å². The van der Waals surface area contributed by atoms with E-state index >= 15 is 0 Å². The standard InChI is InChI=1S/C21H29N3O2S/c1-4-6-12-18(20(26)22-14-13-16-10-8-7-9-11-16)27-21-23-17(5-2)15-19(25)24(21)3/h7-11,15,18H,4-6,12-14H2,1-3H3,(H,22,26). The summed E-state index contributed by atoms with van der Waals surface area (Å²) in [6, 6.07) is 11.7. The van der Waals surface area contributed by atoms with Crippen LogP contribution in [0.2, 0.25) is 0 Å². The summed E-state index contributed by atoms with van der Waals surface area (Å²) in [6.45, 7) is 4.69. The second-order valence-corrected chi connectivity index (χ2v) is 7.73. The Morgan fingerprint density at radius 2 is 2.00 bits per heavy atom. The molecular formula is C21H29N3O2S. The Bertz CT molecular complexity index is 790. The molecule has 1 atom stereocenters. The number of unbranched alkanes of at least 4 members (excludes halogenated alkanes) is 1. The van der Waals surface area contributed by atoms with Gasteiger partial charge >= 0.3 is 0 Å². The Balaban J connectivity index is 2.04. The second-order valence-electron chi connectivity index (χ2n) is 6.56. The molecular weight excluding hydrogens is 358 g/mol. The molecule has 0 fully saturated rings. The SMILES string of the molecule is CCCCC(Sc1nc(CC)cc(=O)n1C)C(=O)NCCc1ccccc1. The van der Waals surface area contributed by atoms with Crippen LogP contribution in [-0.2, 0) is 24.7 Å². The van der Waals surface area contributed by atoms with Gasteiger partial charge in [-0.3, -0.25) is 14.2 Å². The molecule has 0 spiro atoms. The first kappa shape index (κ1) is 21.2. The van der Waals surface area contributed by atoms with E-state index in [2.05, 4.69) is 29.4 Å². The van der Waals surface area contributed by atoms with Crippen molar-refractivity contribution in [1.29, 1.82) is 0 Å². The molecule has 0 aliphatic rings. The quantitative estimate of drug-likeness (QED) is 0.502. The van der Waals surface area contributed by atoms with Crippen molar-refractivity contribution in [3.05, 3.63) is 58.0 Å². The summed E-state index contributed by atoms with van der Waals surface area (Å²) in [4.78, 5) is 29.4. The zero-order valence-corrected chi connectivity index (χ0v) is 17.2. The minimum absolute atomic E-state index is 0.0144. The average Bonchev–Trinajstić information content (AvgIpc) is 2.68. The maximum Gasteiger partial charge on any atom is 0.254 e. The molecule has 5 nitrogen and oxygen atoms in total. The molecule has 0 aliphatic heterocycles. The number of amides is 1. The third-order valence-corrected chi connectivity index (χ3v) is 5.74. The van der Waals surface area contributed by atoms with Crippen molar-refractivity contribution in [3.63, 3.8) is 0 Å². The Hall–Kier alpha value is -2.08. The molecule has 1 unspecified atom stereocenters. The third-order valence-electron chi connectivity index (χ3n) is 4.42. The predicted octanol–water partition coefficient (Wildman–Crippen LogP) is 3.35. The fourth-order valence-electron chi connectivity index (χ4n) is 2.70. The molecule has 1 heterocycles. The molecule has 1 amide bonds. The van der Waals surface area contributed by atoms with Crippen LogP contribution in [0.3, 0.4) is 0 Å². The van der Waals surface area contributed by atoms with Gasteiger partial charge in [0.2, 0.25) is 5.91 Å². The fraction of sp³-hybridized carbons (Fsp3) is 0.476. The van der Waals surface area contributed by atoms with Gasteiger partial charge in [-0.05, 0) is 24.8 Å². The van der Waals surface area contributed by atoms with Crippen molar-refractivity contribution in [3.8, 4) is 0 Å². The second kappa shape index (κ2) is 10.9. The highest BCUT2D eigenvalue weighted by molar-refractivity contribution is 8.00. The third kappa shape index (κ3) is 6.54. The summed E-state index contributed by atoms with van der Waals surface area (Å²) in [6.07, 6.45) is 4.26. The zero-order chi connectivity index (χ0) is 19.6. The summed E-state index contributed by atoms with van der Waals surface area (Å²) in [7, 11) is 1.71. The number of rotatable bonds is 10. The molecule has 146 valence electrons. The minimum atomic E-state index is -0.245. The van der Waals surface area contributed by atoms with E-state index in [1.54, 1.807) is 13.1 Å². The van der Waals surface area contributed by atoms with Crippen LogP contribution >= 0.6 is 11.8 Å². The summed E-state index contributed by atoms with van der Waals surface area (Å²) >= 11 is 1.39. The van der Waals surface area contributed by atoms with Crippen LogP contribution in [0.4, 0.5) is 0 Å². The molecule has 0 aliphatic carbocycles. The van der Waals surface area contributed by atoms with Crippen molar-refractivity contribution in [1.82, 2.24) is 14.9 Å². The molecule has 0 saturated carbocycles. The number of aryl methyl sites for hydroxylation is 1. The van der Waals surface area contributed by atoms with Crippen molar-refractivity contribution >= 4 is 17.7 Å². The monoisotopic (exact) mass is 387 g/mol. The Labute approximate surface area is 165 Å². The predicted molar refractivity (Wildman–Crippen MR) is 111 cm³/mol. The van der Waals surface area contributed by atoms with E-state index in [4.69, 9.17) is 0 Å². The van der Waals surface area contributed by atoms with E-state index in [0.717, 1.165) is 31.4 Å². The summed E-state index contributed by atoms with van der Waals surface area (Å²) in [5.41, 5.74) is 1.89. The molecule has 27 heavy (non-hydrogen) atoms. The molecule has 1 aromatic carbocycles. The van der Waals surface area contributed by atoms with Gasteiger partial charge in [0, 0.05) is 25.4 Å². The van der Waals surface area contributed by atoms with Crippen LogP contribution in [-0.4, -0.2) is 27.3 Å². The van der Waals surface area contributed by atoms with Crippen molar-refractivity contribution < 1.29 is 4.79 Å². The lowest BCUT2D eigenvalue weighted by Crippen LogP contribution is -2.34. The zero-order valence-electron chi connectivity index (χ0n) is 16.4. The lowest BCUT2D eigenvalue weighted by atomic mass is 10.1. The number of nitrogens with one attached hydrogen (secondary N) is 1. The highest BCUT2D eigenvalue weighted by Crippen LogP contribution is 2.24. The first-order valence-corrected chi connectivity index (χ1v) is 10.5. The molecule has 0 saturated heterocycles. The number of hydrogen-bond acceptors (Lipinski definition) is 4. The first-order valence-electron chi connectivity index (χ1n) is 9.60. The molecule has 0 radical (unpaired) electrons. The molecule has 0 bridgehead atoms. The number of thioether (sulfide) groups is 1. The average molecular weight is 388 g/mol. The van der Waals surface area contributed by atoms with Crippen LogP contribution < -0.4 is 10.9 Å². The van der Waals surface area contributed by atoms with Crippen molar-refractivity contribution in [2.24, 2.45) is 7.05 Å². The molecule has 1 aromatic heterocycles. The van der Waals surface area contributed by atoms with Gasteiger partial charge in [0.15, 0.2) is 5.16 Å². The van der Waals surface area contributed by atoms with E-state index in [1.807, 2.05) is 25.1 Å². The number of carbonyl (C=O) groups is 1. The van der Waals surface area contributed by atoms with Crippen molar-refractivity contribution in [2.75, 3.05) is 6.54 Å². The Morgan fingerprint density at radius 3 is 2.67 bits per heavy atom. The molecule has 2 rings (SSSR count). The molecule has 2 aromatic rings. The van der Waals surface area contributed by atoms with E-state index < -0.39 is 0 Å². The lowest BCUT2D eigenvalue weighted by molar-refractivity contribution is -0.120. The normalized spacial score (nSPS) is 12.0. The number of carbonyl (C=O) groups excluding carboxylic acids is 1. The van der Waals surface area contributed by atoms with E-state index in [9.17, 15) is 9.59 Å². The van der Waals surface area contributed by atoms with Gasteiger partial charge in [0.05, 0.1) is 5.25 Å². The summed E-state index contributed by atoms with van der Waals surface area (Å²) in [5, 5.41) is 3.41. The van der Waals surface area contributed by atoms with E-state index in [-0.39, 0.29) is 16.7 Å². The van der Waals surface area contributed by atoms with Gasteiger partial charge in [-0.15, -0.1) is 0 Å². The molecule has 6 heteroatoms.